The van der Waals surface area contributed by atoms with Gasteiger partial charge in [0.25, 0.3) is 5.56 Å². The molecule has 0 aromatic carbocycles. The number of aryl methyl sites for hydroxylation is 1. The fraction of sp³-hybridized carbons (Fsp3) is 0.571. The Labute approximate surface area is 143 Å². The second-order valence-corrected chi connectivity index (χ2v) is 8.54. The maximum absolute atomic E-state index is 12.5. The van der Waals surface area contributed by atoms with E-state index in [1.807, 2.05) is 0 Å². The van der Waals surface area contributed by atoms with Gasteiger partial charge in [0, 0.05) is 20.1 Å². The second kappa shape index (κ2) is 5.83. The molecule has 0 unspecified atom stereocenters. The predicted molar refractivity (Wildman–Crippen MR) is 90.1 cm³/mol. The van der Waals surface area contributed by atoms with E-state index < -0.39 is 39.1 Å². The lowest BCUT2D eigenvalue weighted by atomic mass is 10.2. The quantitative estimate of drug-likeness (QED) is 0.687. The van der Waals surface area contributed by atoms with E-state index in [0.29, 0.717) is 6.42 Å². The first-order valence-corrected chi connectivity index (χ1v) is 9.58. The fourth-order valence-electron chi connectivity index (χ4n) is 3.01. The van der Waals surface area contributed by atoms with Gasteiger partial charge in [-0.05, 0) is 13.3 Å². The van der Waals surface area contributed by atoms with Gasteiger partial charge in [0.1, 0.15) is 6.04 Å². The number of nitrogens with zero attached hydrogens (tertiary/aromatic N) is 4. The molecule has 0 radical (unpaired) electrons. The summed E-state index contributed by atoms with van der Waals surface area (Å²) in [5, 5.41) is 2.70. The standard InChI is InChI=1S/C14H19N5O5S/c1-8(12(20)16-9-4-5-25(23,24)6-9)19-7-15-11-10(19)13(21)18(3)14(22)17(11)2/h7-9H,4-6H2,1-3H3,(H,16,20)/t8-,9-/m0/s1. The molecule has 1 fully saturated rings. The van der Waals surface area contributed by atoms with Gasteiger partial charge in [-0.2, -0.15) is 0 Å². The summed E-state index contributed by atoms with van der Waals surface area (Å²) in [4.78, 5) is 40.9. The number of fused-ring (bicyclic) bond motifs is 1. The Morgan fingerprint density at radius 1 is 1.32 bits per heavy atom. The van der Waals surface area contributed by atoms with Crippen LogP contribution in [0.5, 0.6) is 0 Å². The minimum absolute atomic E-state index is 0.0585. The highest BCUT2D eigenvalue weighted by molar-refractivity contribution is 7.91. The third-order valence-corrected chi connectivity index (χ3v) is 6.32. The summed E-state index contributed by atoms with van der Waals surface area (Å²) in [6.45, 7) is 1.59. The summed E-state index contributed by atoms with van der Waals surface area (Å²) >= 11 is 0. The summed E-state index contributed by atoms with van der Waals surface area (Å²) < 4.78 is 26.6. The van der Waals surface area contributed by atoms with Gasteiger partial charge in [-0.25, -0.2) is 18.2 Å². The molecule has 1 saturated heterocycles. The number of sulfone groups is 1. The van der Waals surface area contributed by atoms with E-state index in [9.17, 15) is 22.8 Å². The summed E-state index contributed by atoms with van der Waals surface area (Å²) in [5.41, 5.74) is -0.711. The van der Waals surface area contributed by atoms with Crippen molar-refractivity contribution in [3.8, 4) is 0 Å². The van der Waals surface area contributed by atoms with Gasteiger partial charge in [0.2, 0.25) is 5.91 Å². The van der Waals surface area contributed by atoms with Gasteiger partial charge in [-0.15, -0.1) is 0 Å². The van der Waals surface area contributed by atoms with E-state index >= 15 is 0 Å². The van der Waals surface area contributed by atoms with E-state index in [2.05, 4.69) is 10.3 Å². The molecule has 0 saturated carbocycles. The van der Waals surface area contributed by atoms with Gasteiger partial charge in [-0.1, -0.05) is 0 Å². The number of nitrogens with one attached hydrogen (secondary N) is 1. The molecule has 0 bridgehead atoms. The fourth-order valence-corrected chi connectivity index (χ4v) is 4.69. The van der Waals surface area contributed by atoms with Crippen LogP contribution in [0.4, 0.5) is 0 Å². The molecular weight excluding hydrogens is 350 g/mol. The number of carbonyl (C=O) groups is 1. The Balaban J connectivity index is 1.95. The first-order chi connectivity index (χ1) is 11.6. The Morgan fingerprint density at radius 2 is 2.00 bits per heavy atom. The smallest absolute Gasteiger partial charge is 0.332 e. The van der Waals surface area contributed by atoms with Crippen LogP contribution in [-0.2, 0) is 28.7 Å². The van der Waals surface area contributed by atoms with Crippen LogP contribution in [0.1, 0.15) is 19.4 Å². The molecular formula is C14H19N5O5S. The molecule has 136 valence electrons. The number of hydrogen-bond donors (Lipinski definition) is 1. The number of carbonyl (C=O) groups excluding carboxylic acids is 1. The van der Waals surface area contributed by atoms with Crippen molar-refractivity contribution in [2.24, 2.45) is 14.1 Å². The van der Waals surface area contributed by atoms with Crippen LogP contribution in [0.3, 0.4) is 0 Å². The zero-order chi connectivity index (χ0) is 18.5. The van der Waals surface area contributed by atoms with Crippen molar-refractivity contribution in [3.63, 3.8) is 0 Å². The Hall–Kier alpha value is -2.43. The number of aromatic nitrogens is 4. The molecule has 0 spiro atoms. The highest BCUT2D eigenvalue weighted by Gasteiger charge is 2.31. The molecule has 1 aliphatic heterocycles. The average Bonchev–Trinajstić information content (AvgIpc) is 3.13. The monoisotopic (exact) mass is 369 g/mol. The van der Waals surface area contributed by atoms with Crippen LogP contribution in [0.25, 0.3) is 11.2 Å². The first kappa shape index (κ1) is 17.4. The van der Waals surface area contributed by atoms with Crippen LogP contribution in [0, 0.1) is 0 Å². The number of rotatable bonds is 3. The lowest BCUT2D eigenvalue weighted by Crippen LogP contribution is -2.41. The summed E-state index contributed by atoms with van der Waals surface area (Å²) in [7, 11) is -0.251. The van der Waals surface area contributed by atoms with Crippen molar-refractivity contribution in [2.45, 2.75) is 25.4 Å². The Kier molecular flexibility index (Phi) is 4.06. The molecule has 3 rings (SSSR count). The van der Waals surface area contributed by atoms with Crippen LogP contribution in [-0.4, -0.2) is 50.6 Å². The molecule has 2 aromatic rings. The molecule has 1 N–H and O–H groups in total. The topological polar surface area (TPSA) is 125 Å². The van der Waals surface area contributed by atoms with E-state index in [0.717, 1.165) is 4.57 Å². The maximum Gasteiger partial charge on any atom is 0.332 e. The summed E-state index contributed by atoms with van der Waals surface area (Å²) in [6, 6.07) is -1.21. The molecule has 0 aliphatic carbocycles. The number of hydrogen-bond acceptors (Lipinski definition) is 6. The van der Waals surface area contributed by atoms with Gasteiger partial charge < -0.3 is 9.88 Å². The van der Waals surface area contributed by atoms with Crippen molar-refractivity contribution < 1.29 is 13.2 Å². The van der Waals surface area contributed by atoms with Gasteiger partial charge in [-0.3, -0.25) is 18.7 Å². The lowest BCUT2D eigenvalue weighted by Gasteiger charge is -2.17. The zero-order valence-corrected chi connectivity index (χ0v) is 14.9. The van der Waals surface area contributed by atoms with Crippen LogP contribution >= 0.6 is 0 Å². The normalized spacial score (nSPS) is 20.7. The van der Waals surface area contributed by atoms with Crippen LogP contribution in [0.15, 0.2) is 15.9 Å². The summed E-state index contributed by atoms with van der Waals surface area (Å²) in [6.07, 6.45) is 1.71. The van der Waals surface area contributed by atoms with Crippen LogP contribution < -0.4 is 16.6 Å². The molecule has 3 heterocycles. The predicted octanol–water partition coefficient (Wildman–Crippen LogP) is -1.70. The van der Waals surface area contributed by atoms with E-state index in [-0.39, 0.29) is 22.7 Å². The molecule has 25 heavy (non-hydrogen) atoms. The number of imidazole rings is 1. The Bertz CT molecular complexity index is 1080. The average molecular weight is 369 g/mol. The third kappa shape index (κ3) is 2.88. The largest absolute Gasteiger partial charge is 0.351 e. The van der Waals surface area contributed by atoms with E-state index in [4.69, 9.17) is 0 Å². The molecule has 10 nitrogen and oxygen atoms in total. The van der Waals surface area contributed by atoms with Crippen molar-refractivity contribution in [3.05, 3.63) is 27.2 Å². The highest BCUT2D eigenvalue weighted by Crippen LogP contribution is 2.16. The first-order valence-electron chi connectivity index (χ1n) is 7.75. The molecule has 11 heteroatoms. The second-order valence-electron chi connectivity index (χ2n) is 6.31. The zero-order valence-electron chi connectivity index (χ0n) is 14.1. The van der Waals surface area contributed by atoms with Crippen molar-refractivity contribution >= 4 is 26.9 Å². The maximum atomic E-state index is 12.5. The van der Waals surface area contributed by atoms with E-state index in [1.54, 1.807) is 6.92 Å². The summed E-state index contributed by atoms with van der Waals surface area (Å²) in [5.74, 6) is -0.424. The van der Waals surface area contributed by atoms with Gasteiger partial charge in [0.05, 0.1) is 17.8 Å². The van der Waals surface area contributed by atoms with Crippen molar-refractivity contribution in [1.29, 1.82) is 0 Å². The van der Waals surface area contributed by atoms with E-state index in [1.165, 1.54) is 29.6 Å². The molecule has 2 aromatic heterocycles. The third-order valence-electron chi connectivity index (χ3n) is 4.55. The molecule has 2 atom stereocenters. The van der Waals surface area contributed by atoms with Crippen LogP contribution in [0.2, 0.25) is 0 Å². The molecule has 1 amide bonds. The van der Waals surface area contributed by atoms with Crippen molar-refractivity contribution in [2.75, 3.05) is 11.5 Å². The van der Waals surface area contributed by atoms with Crippen molar-refractivity contribution in [1.82, 2.24) is 24.0 Å². The Morgan fingerprint density at radius 3 is 2.60 bits per heavy atom. The minimum atomic E-state index is -3.10. The minimum Gasteiger partial charge on any atom is -0.351 e. The van der Waals surface area contributed by atoms with Gasteiger partial charge in [0.15, 0.2) is 21.0 Å². The number of amides is 1. The van der Waals surface area contributed by atoms with Gasteiger partial charge >= 0.3 is 5.69 Å². The molecule has 1 aliphatic rings. The SMILES string of the molecule is C[C@@H](C(=O)N[C@H]1CCS(=O)(=O)C1)n1cnc2c1c(=O)n(C)c(=O)n2C. The lowest BCUT2D eigenvalue weighted by molar-refractivity contribution is -0.124. The highest BCUT2D eigenvalue weighted by atomic mass is 32.2.